The van der Waals surface area contributed by atoms with Crippen molar-refractivity contribution in [3.8, 4) is 0 Å². The number of carbonyl (C=O) groups is 1. The lowest BCUT2D eigenvalue weighted by atomic mass is 10.1. The lowest BCUT2D eigenvalue weighted by Crippen LogP contribution is -2.46. The predicted molar refractivity (Wildman–Crippen MR) is 65.2 cm³/mol. The van der Waals surface area contributed by atoms with Crippen LogP contribution in [0.1, 0.15) is 15.9 Å². The van der Waals surface area contributed by atoms with Crippen LogP contribution in [0, 0.1) is 0 Å². The van der Waals surface area contributed by atoms with E-state index in [4.69, 9.17) is 11.6 Å². The Morgan fingerprint density at radius 1 is 1.26 bits per heavy atom. The second-order valence-electron chi connectivity index (χ2n) is 4.23. The third-order valence-electron chi connectivity index (χ3n) is 2.92. The van der Waals surface area contributed by atoms with Crippen LogP contribution < -0.4 is 5.32 Å². The van der Waals surface area contributed by atoms with Crippen molar-refractivity contribution in [3.63, 3.8) is 0 Å². The molecule has 19 heavy (non-hydrogen) atoms. The summed E-state index contributed by atoms with van der Waals surface area (Å²) in [6.45, 7) is 1.97. The molecule has 1 heterocycles. The molecule has 1 aromatic carbocycles. The highest BCUT2D eigenvalue weighted by atomic mass is 35.5. The smallest absolute Gasteiger partial charge is 0.336 e. The molecule has 0 unspecified atom stereocenters. The first-order valence-corrected chi connectivity index (χ1v) is 6.14. The van der Waals surface area contributed by atoms with Crippen LogP contribution in [0.3, 0.4) is 0 Å². The van der Waals surface area contributed by atoms with Gasteiger partial charge in [0.25, 0.3) is 5.91 Å². The van der Waals surface area contributed by atoms with Crippen molar-refractivity contribution in [2.45, 2.75) is 6.18 Å². The van der Waals surface area contributed by atoms with E-state index >= 15 is 0 Å². The number of hydrogen-bond acceptors (Lipinski definition) is 2. The zero-order valence-corrected chi connectivity index (χ0v) is 10.7. The first-order valence-electron chi connectivity index (χ1n) is 5.76. The van der Waals surface area contributed by atoms with Crippen LogP contribution in [-0.4, -0.2) is 37.0 Å². The molecule has 0 bridgehead atoms. The van der Waals surface area contributed by atoms with E-state index in [1.807, 2.05) is 0 Å². The largest absolute Gasteiger partial charge is 0.417 e. The second kappa shape index (κ2) is 5.38. The molecule has 1 aromatic rings. The molecule has 1 aliphatic rings. The minimum atomic E-state index is -4.59. The number of hydrogen-bond donors (Lipinski definition) is 1. The van der Waals surface area contributed by atoms with Crippen LogP contribution in [0.25, 0.3) is 0 Å². The molecule has 3 nitrogen and oxygen atoms in total. The van der Waals surface area contributed by atoms with Gasteiger partial charge in [-0.2, -0.15) is 13.2 Å². The fraction of sp³-hybridized carbons (Fsp3) is 0.417. The molecule has 0 radical (unpaired) electrons. The number of carbonyl (C=O) groups excluding carboxylic acids is 1. The van der Waals surface area contributed by atoms with Crippen LogP contribution >= 0.6 is 11.6 Å². The van der Waals surface area contributed by atoms with Crippen LogP contribution in [-0.2, 0) is 6.18 Å². The quantitative estimate of drug-likeness (QED) is 0.862. The summed E-state index contributed by atoms with van der Waals surface area (Å²) in [6, 6.07) is 3.22. The van der Waals surface area contributed by atoms with Crippen LogP contribution in [0.4, 0.5) is 13.2 Å². The van der Waals surface area contributed by atoms with Gasteiger partial charge in [0.1, 0.15) is 0 Å². The predicted octanol–water partition coefficient (Wildman–Crippen LogP) is 2.40. The Morgan fingerprint density at radius 2 is 1.89 bits per heavy atom. The molecule has 0 saturated carbocycles. The van der Waals surface area contributed by atoms with E-state index in [2.05, 4.69) is 5.32 Å². The third-order valence-corrected chi connectivity index (χ3v) is 3.16. The van der Waals surface area contributed by atoms with Gasteiger partial charge in [-0.1, -0.05) is 11.6 Å². The zero-order valence-electron chi connectivity index (χ0n) is 9.93. The summed E-state index contributed by atoms with van der Waals surface area (Å²) >= 11 is 5.58. The lowest BCUT2D eigenvalue weighted by Gasteiger charge is -2.28. The van der Waals surface area contributed by atoms with E-state index in [0.29, 0.717) is 26.2 Å². The molecular weight excluding hydrogens is 281 g/mol. The van der Waals surface area contributed by atoms with E-state index in [1.54, 1.807) is 0 Å². The van der Waals surface area contributed by atoms with Gasteiger partial charge in [0, 0.05) is 31.2 Å². The van der Waals surface area contributed by atoms with Crippen molar-refractivity contribution in [1.29, 1.82) is 0 Å². The average Bonchev–Trinajstić information content (AvgIpc) is 2.38. The van der Waals surface area contributed by atoms with Gasteiger partial charge >= 0.3 is 6.18 Å². The Hall–Kier alpha value is -1.27. The van der Waals surface area contributed by atoms with E-state index in [1.165, 1.54) is 11.0 Å². The van der Waals surface area contributed by atoms with Gasteiger partial charge in [0.05, 0.1) is 11.1 Å². The summed E-state index contributed by atoms with van der Waals surface area (Å²) in [6.07, 6.45) is -4.59. The second-order valence-corrected chi connectivity index (χ2v) is 4.67. The summed E-state index contributed by atoms with van der Waals surface area (Å²) in [5, 5.41) is 3.00. The molecule has 1 fully saturated rings. The Bertz CT molecular complexity index is 484. The Labute approximate surface area is 113 Å². The summed E-state index contributed by atoms with van der Waals surface area (Å²) in [4.78, 5) is 13.5. The van der Waals surface area contributed by atoms with Gasteiger partial charge in [-0.15, -0.1) is 0 Å². The summed E-state index contributed by atoms with van der Waals surface area (Å²) in [5.74, 6) is -0.606. The maximum Gasteiger partial charge on any atom is 0.417 e. The fourth-order valence-electron chi connectivity index (χ4n) is 1.98. The van der Waals surface area contributed by atoms with Gasteiger partial charge in [-0.05, 0) is 18.2 Å². The van der Waals surface area contributed by atoms with E-state index in [0.717, 1.165) is 12.1 Å². The molecule has 0 aliphatic carbocycles. The van der Waals surface area contributed by atoms with Gasteiger partial charge in [-0.25, -0.2) is 0 Å². The summed E-state index contributed by atoms with van der Waals surface area (Å²) < 4.78 is 38.7. The molecule has 0 aromatic heterocycles. The average molecular weight is 293 g/mol. The van der Waals surface area contributed by atoms with Gasteiger partial charge in [0.15, 0.2) is 0 Å². The molecule has 7 heteroatoms. The molecule has 0 spiro atoms. The molecular formula is C12H12ClF3N2O. The topological polar surface area (TPSA) is 32.3 Å². The van der Waals surface area contributed by atoms with Crippen LogP contribution in [0.2, 0.25) is 5.02 Å². The van der Waals surface area contributed by atoms with E-state index < -0.39 is 17.6 Å². The zero-order chi connectivity index (χ0) is 14.0. The minimum absolute atomic E-state index is 0.0378. The van der Waals surface area contributed by atoms with Crippen molar-refractivity contribution in [1.82, 2.24) is 10.2 Å². The SMILES string of the molecule is O=C(c1ccc(Cl)cc1C(F)(F)F)N1CCNCC1. The first-order chi connectivity index (χ1) is 8.89. The number of nitrogens with one attached hydrogen (secondary N) is 1. The van der Waals surface area contributed by atoms with Crippen LogP contribution in [0.5, 0.6) is 0 Å². The Balaban J connectivity index is 2.35. The molecule has 0 atom stereocenters. The molecule has 1 aliphatic heterocycles. The summed E-state index contributed by atoms with van der Waals surface area (Å²) in [7, 11) is 0. The maximum atomic E-state index is 12.9. The number of nitrogens with zero attached hydrogens (tertiary/aromatic N) is 1. The standard InChI is InChI=1S/C12H12ClF3N2O/c13-8-1-2-9(10(7-8)12(14,15)16)11(19)18-5-3-17-4-6-18/h1-2,7,17H,3-6H2. The third kappa shape index (κ3) is 3.19. The number of benzene rings is 1. The first kappa shape index (κ1) is 14.1. The van der Waals surface area contributed by atoms with Gasteiger partial charge in [-0.3, -0.25) is 4.79 Å². The lowest BCUT2D eigenvalue weighted by molar-refractivity contribution is -0.138. The number of halogens is 4. The highest BCUT2D eigenvalue weighted by Crippen LogP contribution is 2.34. The van der Waals surface area contributed by atoms with E-state index in [-0.39, 0.29) is 10.6 Å². The molecule has 1 N–H and O–H groups in total. The van der Waals surface area contributed by atoms with Crippen molar-refractivity contribution in [2.75, 3.05) is 26.2 Å². The summed E-state index contributed by atoms with van der Waals surface area (Å²) in [5.41, 5.74) is -1.33. The fourth-order valence-corrected chi connectivity index (χ4v) is 2.15. The molecule has 2 rings (SSSR count). The number of alkyl halides is 3. The number of piperazine rings is 1. The van der Waals surface area contributed by atoms with Gasteiger partial charge in [0.2, 0.25) is 0 Å². The monoisotopic (exact) mass is 292 g/mol. The molecule has 1 amide bonds. The Kier molecular flexibility index (Phi) is 4.01. The Morgan fingerprint density at radius 3 is 2.47 bits per heavy atom. The number of amides is 1. The highest BCUT2D eigenvalue weighted by molar-refractivity contribution is 6.30. The maximum absolute atomic E-state index is 12.9. The minimum Gasteiger partial charge on any atom is -0.336 e. The van der Waals surface area contributed by atoms with E-state index in [9.17, 15) is 18.0 Å². The van der Waals surface area contributed by atoms with Crippen molar-refractivity contribution >= 4 is 17.5 Å². The van der Waals surface area contributed by atoms with Gasteiger partial charge < -0.3 is 10.2 Å². The molecule has 1 saturated heterocycles. The number of rotatable bonds is 1. The highest BCUT2D eigenvalue weighted by Gasteiger charge is 2.36. The van der Waals surface area contributed by atoms with Crippen molar-refractivity contribution in [3.05, 3.63) is 34.3 Å². The van der Waals surface area contributed by atoms with Crippen LogP contribution in [0.15, 0.2) is 18.2 Å². The normalized spacial score (nSPS) is 16.5. The molecule has 104 valence electrons. The van der Waals surface area contributed by atoms with Crippen molar-refractivity contribution < 1.29 is 18.0 Å². The van der Waals surface area contributed by atoms with Crippen molar-refractivity contribution in [2.24, 2.45) is 0 Å².